The van der Waals surface area contributed by atoms with Crippen molar-refractivity contribution in [1.82, 2.24) is 10.6 Å². The molecule has 0 unspecified atom stereocenters. The molecule has 2 atom stereocenters. The van der Waals surface area contributed by atoms with E-state index in [1.165, 1.54) is 21.1 Å². The van der Waals surface area contributed by atoms with Crippen LogP contribution in [-0.4, -0.2) is 50.1 Å². The summed E-state index contributed by atoms with van der Waals surface area (Å²) < 4.78 is 9.35. The maximum Gasteiger partial charge on any atom is 0.328 e. The van der Waals surface area contributed by atoms with Gasteiger partial charge in [0.05, 0.1) is 14.2 Å². The molecule has 2 amide bonds. The van der Waals surface area contributed by atoms with E-state index in [9.17, 15) is 19.2 Å². The number of carbonyl (C=O) groups is 4. The zero-order valence-electron chi connectivity index (χ0n) is 15.6. The van der Waals surface area contributed by atoms with Gasteiger partial charge >= 0.3 is 11.9 Å². The number of carbonyl (C=O) groups excluding carboxylic acids is 4. The van der Waals surface area contributed by atoms with Crippen LogP contribution in [-0.2, 0) is 23.9 Å². The molecule has 0 aliphatic rings. The minimum atomic E-state index is -0.878. The van der Waals surface area contributed by atoms with Gasteiger partial charge < -0.3 is 20.1 Å². The van der Waals surface area contributed by atoms with Gasteiger partial charge in [-0.15, -0.1) is 0 Å². The molecule has 0 spiro atoms. The number of hydrogen-bond donors (Lipinski definition) is 2. The summed E-state index contributed by atoms with van der Waals surface area (Å²) in [5.74, 6) is -1.92. The van der Waals surface area contributed by atoms with Crippen LogP contribution in [0, 0.1) is 0 Å². The number of ether oxygens (including phenoxy) is 2. The Morgan fingerprint density at radius 2 is 1.37 bits per heavy atom. The predicted molar refractivity (Wildman–Crippen MR) is 97.7 cm³/mol. The Balaban J connectivity index is 2.69. The molecule has 1 rings (SSSR count). The molecule has 0 aliphatic carbocycles. The first kappa shape index (κ1) is 21.9. The summed E-state index contributed by atoms with van der Waals surface area (Å²) in [6, 6.07) is 6.79. The molecule has 1 aromatic carbocycles. The number of amides is 2. The summed E-state index contributed by atoms with van der Waals surface area (Å²) in [6.45, 7) is 1.30. The van der Waals surface area contributed by atoms with E-state index in [0.29, 0.717) is 5.56 Å². The van der Waals surface area contributed by atoms with Gasteiger partial charge in [-0.05, 0) is 25.0 Å². The number of methoxy groups -OCH3 is 2. The van der Waals surface area contributed by atoms with E-state index < -0.39 is 29.9 Å². The van der Waals surface area contributed by atoms with Crippen molar-refractivity contribution < 1.29 is 28.7 Å². The van der Waals surface area contributed by atoms with Crippen molar-refractivity contribution in [3.8, 4) is 0 Å². The van der Waals surface area contributed by atoms with Crippen LogP contribution in [0.25, 0.3) is 0 Å². The van der Waals surface area contributed by atoms with E-state index in [1.807, 2.05) is 0 Å². The van der Waals surface area contributed by atoms with Crippen molar-refractivity contribution in [3.63, 3.8) is 0 Å². The highest BCUT2D eigenvalue weighted by Crippen LogP contribution is 2.04. The van der Waals surface area contributed by atoms with E-state index in [4.69, 9.17) is 4.74 Å². The van der Waals surface area contributed by atoms with Crippen molar-refractivity contribution in [3.05, 3.63) is 48.0 Å². The second kappa shape index (κ2) is 11.5. The summed E-state index contributed by atoms with van der Waals surface area (Å²) >= 11 is 0. The molecular weight excluding hydrogens is 352 g/mol. The number of benzene rings is 1. The van der Waals surface area contributed by atoms with Gasteiger partial charge in [-0.1, -0.05) is 30.4 Å². The Morgan fingerprint density at radius 1 is 0.889 bits per heavy atom. The third-order valence-electron chi connectivity index (χ3n) is 3.60. The molecule has 0 heterocycles. The predicted octanol–water partition coefficient (Wildman–Crippen LogP) is 0.972. The van der Waals surface area contributed by atoms with Crippen LogP contribution in [0.3, 0.4) is 0 Å². The molecule has 1 aromatic rings. The molecule has 0 bridgehead atoms. The normalized spacial score (nSPS) is 12.7. The molecule has 27 heavy (non-hydrogen) atoms. The Hall–Kier alpha value is -3.16. The number of rotatable bonds is 9. The lowest BCUT2D eigenvalue weighted by Crippen LogP contribution is -2.41. The van der Waals surface area contributed by atoms with Gasteiger partial charge in [0.25, 0.3) is 5.91 Å². The minimum absolute atomic E-state index is 0.166. The third kappa shape index (κ3) is 7.72. The maximum absolute atomic E-state index is 12.2. The highest BCUT2D eigenvalue weighted by atomic mass is 16.5. The van der Waals surface area contributed by atoms with Crippen LogP contribution in [0.5, 0.6) is 0 Å². The summed E-state index contributed by atoms with van der Waals surface area (Å²) in [5.41, 5.74) is 0.423. The molecule has 146 valence electrons. The van der Waals surface area contributed by atoms with Gasteiger partial charge in [0.1, 0.15) is 12.1 Å². The van der Waals surface area contributed by atoms with Crippen molar-refractivity contribution in [1.29, 1.82) is 0 Å². The van der Waals surface area contributed by atoms with Crippen molar-refractivity contribution >= 4 is 23.8 Å². The standard InChI is InChI=1S/C19H24N2O6/c1-13(22)20-15(18(24)26-2)11-7-8-12-16(19(25)27-3)21-17(23)14-9-5-4-6-10-14/h4-10,15-16H,11-12H2,1-3H3,(H,20,22)(H,21,23)/t15-,16-/m0/s1. The van der Waals surface area contributed by atoms with Crippen LogP contribution in [0.2, 0.25) is 0 Å². The zero-order chi connectivity index (χ0) is 20.2. The quantitative estimate of drug-likeness (QED) is 0.491. The van der Waals surface area contributed by atoms with Gasteiger partial charge in [0, 0.05) is 12.5 Å². The first-order valence-electron chi connectivity index (χ1n) is 8.32. The third-order valence-corrected chi connectivity index (χ3v) is 3.60. The molecule has 0 saturated carbocycles. The van der Waals surface area contributed by atoms with Gasteiger partial charge in [-0.2, -0.15) is 0 Å². The lowest BCUT2D eigenvalue weighted by atomic mass is 10.1. The Labute approximate surface area is 157 Å². The Bertz CT molecular complexity index is 687. The topological polar surface area (TPSA) is 111 Å². The molecule has 8 heteroatoms. The monoisotopic (exact) mass is 376 g/mol. The first-order valence-corrected chi connectivity index (χ1v) is 8.32. The summed E-state index contributed by atoms with van der Waals surface area (Å²) in [5, 5.41) is 5.09. The SMILES string of the molecule is COC(=O)[C@H](CC=CC[C@H](NC(=O)c1ccccc1)C(=O)OC)NC(C)=O. The maximum atomic E-state index is 12.2. The average molecular weight is 376 g/mol. The summed E-state index contributed by atoms with van der Waals surface area (Å²) in [6.07, 6.45) is 3.61. The molecule has 8 nitrogen and oxygen atoms in total. The van der Waals surface area contributed by atoms with Crippen LogP contribution in [0.15, 0.2) is 42.5 Å². The molecule has 0 radical (unpaired) electrons. The van der Waals surface area contributed by atoms with Crippen LogP contribution < -0.4 is 10.6 Å². The van der Waals surface area contributed by atoms with E-state index in [-0.39, 0.29) is 18.7 Å². The second-order valence-corrected chi connectivity index (χ2v) is 5.63. The van der Waals surface area contributed by atoms with Gasteiger partial charge in [0.2, 0.25) is 5.91 Å². The van der Waals surface area contributed by atoms with E-state index in [0.717, 1.165) is 0 Å². The number of nitrogens with one attached hydrogen (secondary N) is 2. The second-order valence-electron chi connectivity index (χ2n) is 5.63. The van der Waals surface area contributed by atoms with E-state index in [1.54, 1.807) is 42.5 Å². The smallest absolute Gasteiger partial charge is 0.328 e. The number of hydrogen-bond acceptors (Lipinski definition) is 6. The van der Waals surface area contributed by atoms with Crippen molar-refractivity contribution in [2.45, 2.75) is 31.8 Å². The van der Waals surface area contributed by atoms with Gasteiger partial charge in [-0.3, -0.25) is 9.59 Å². The highest BCUT2D eigenvalue weighted by Gasteiger charge is 2.21. The van der Waals surface area contributed by atoms with Crippen molar-refractivity contribution in [2.24, 2.45) is 0 Å². The first-order chi connectivity index (χ1) is 12.9. The number of esters is 2. The van der Waals surface area contributed by atoms with Crippen molar-refractivity contribution in [2.75, 3.05) is 14.2 Å². The Morgan fingerprint density at radius 3 is 1.81 bits per heavy atom. The minimum Gasteiger partial charge on any atom is -0.467 e. The highest BCUT2D eigenvalue weighted by molar-refractivity contribution is 5.96. The van der Waals surface area contributed by atoms with E-state index in [2.05, 4.69) is 15.4 Å². The summed E-state index contributed by atoms with van der Waals surface area (Å²) in [4.78, 5) is 46.9. The van der Waals surface area contributed by atoms with Crippen LogP contribution in [0.1, 0.15) is 30.1 Å². The lowest BCUT2D eigenvalue weighted by molar-refractivity contribution is -0.144. The molecule has 0 fully saturated rings. The molecule has 2 N–H and O–H groups in total. The molecular formula is C19H24N2O6. The fourth-order valence-electron chi connectivity index (χ4n) is 2.25. The molecule has 0 aromatic heterocycles. The Kier molecular flexibility index (Phi) is 9.28. The van der Waals surface area contributed by atoms with Crippen LogP contribution >= 0.6 is 0 Å². The zero-order valence-corrected chi connectivity index (χ0v) is 15.6. The average Bonchev–Trinajstić information content (AvgIpc) is 2.68. The van der Waals surface area contributed by atoms with Gasteiger partial charge in [0.15, 0.2) is 0 Å². The lowest BCUT2D eigenvalue weighted by Gasteiger charge is -2.15. The molecule has 0 aliphatic heterocycles. The van der Waals surface area contributed by atoms with Crippen LogP contribution in [0.4, 0.5) is 0 Å². The fourth-order valence-corrected chi connectivity index (χ4v) is 2.25. The van der Waals surface area contributed by atoms with Gasteiger partial charge in [-0.25, -0.2) is 9.59 Å². The van der Waals surface area contributed by atoms with E-state index >= 15 is 0 Å². The largest absolute Gasteiger partial charge is 0.467 e. The molecule has 0 saturated heterocycles. The summed E-state index contributed by atoms with van der Waals surface area (Å²) in [7, 11) is 2.46. The fraction of sp³-hybridized carbons (Fsp3) is 0.368.